The second kappa shape index (κ2) is 15.8. The lowest BCUT2D eigenvalue weighted by atomic mass is 10.0. The van der Waals surface area contributed by atoms with Gasteiger partial charge in [-0.25, -0.2) is 4.98 Å². The molecule has 1 atom stereocenters. The third-order valence-electron chi connectivity index (χ3n) is 4.91. The second-order valence-electron chi connectivity index (χ2n) is 7.22. The number of imidazole rings is 1. The molecule has 0 aliphatic heterocycles. The fraction of sp³-hybridized carbons (Fsp3) is 0.727. The van der Waals surface area contributed by atoms with Gasteiger partial charge in [-0.3, -0.25) is 4.79 Å². The van der Waals surface area contributed by atoms with E-state index in [1.807, 2.05) is 12.5 Å². The van der Waals surface area contributed by atoms with Crippen molar-refractivity contribution in [3.05, 3.63) is 30.9 Å². The number of aliphatic hydroxyl groups excluding tert-OH is 1. The van der Waals surface area contributed by atoms with Gasteiger partial charge in [0.25, 0.3) is 0 Å². The lowest BCUT2D eigenvalue weighted by Gasteiger charge is -2.16. The van der Waals surface area contributed by atoms with Crippen LogP contribution in [0.2, 0.25) is 0 Å². The highest BCUT2D eigenvalue weighted by Crippen LogP contribution is 2.20. The summed E-state index contributed by atoms with van der Waals surface area (Å²) in [6.07, 6.45) is 25.4. The Morgan fingerprint density at radius 2 is 1.85 bits per heavy atom. The van der Waals surface area contributed by atoms with Gasteiger partial charge in [0.05, 0.1) is 6.33 Å². The third kappa shape index (κ3) is 11.2. The lowest BCUT2D eigenvalue weighted by molar-refractivity contribution is -0.121. The topological polar surface area (TPSA) is 55.1 Å². The first-order valence-electron chi connectivity index (χ1n) is 10.5. The van der Waals surface area contributed by atoms with E-state index < -0.39 is 0 Å². The zero-order chi connectivity index (χ0) is 18.9. The Hall–Kier alpha value is -1.42. The summed E-state index contributed by atoms with van der Waals surface area (Å²) in [7, 11) is 0. The minimum Gasteiger partial charge on any atom is -0.389 e. The van der Waals surface area contributed by atoms with Gasteiger partial charge in [0.15, 0.2) is 5.78 Å². The third-order valence-corrected chi connectivity index (χ3v) is 4.91. The van der Waals surface area contributed by atoms with E-state index in [2.05, 4.69) is 34.8 Å². The van der Waals surface area contributed by atoms with Crippen molar-refractivity contribution < 1.29 is 9.90 Å². The van der Waals surface area contributed by atoms with E-state index in [9.17, 15) is 4.79 Å². The molecule has 4 heteroatoms. The van der Waals surface area contributed by atoms with E-state index in [4.69, 9.17) is 5.11 Å². The number of carbonyl (C=O) groups excluding carboxylic acids is 1. The van der Waals surface area contributed by atoms with Crippen LogP contribution < -0.4 is 0 Å². The van der Waals surface area contributed by atoms with E-state index in [1.54, 1.807) is 0 Å². The molecule has 0 spiro atoms. The van der Waals surface area contributed by atoms with Crippen molar-refractivity contribution in [2.24, 2.45) is 0 Å². The Kier molecular flexibility index (Phi) is 13.8. The molecule has 1 unspecified atom stereocenters. The van der Waals surface area contributed by atoms with Crippen molar-refractivity contribution >= 4 is 5.78 Å². The van der Waals surface area contributed by atoms with Crippen LogP contribution in [-0.4, -0.2) is 27.0 Å². The van der Waals surface area contributed by atoms with Gasteiger partial charge in [0.1, 0.15) is 6.61 Å². The number of hydrogen-bond acceptors (Lipinski definition) is 3. The Bertz CT molecular complexity index is 468. The maximum absolute atomic E-state index is 11.0. The van der Waals surface area contributed by atoms with Gasteiger partial charge < -0.3 is 9.67 Å². The van der Waals surface area contributed by atoms with Crippen LogP contribution in [0.25, 0.3) is 0 Å². The van der Waals surface area contributed by atoms with Gasteiger partial charge in [-0.1, -0.05) is 64.0 Å². The molecule has 0 amide bonds. The van der Waals surface area contributed by atoms with E-state index in [1.165, 1.54) is 51.4 Å². The van der Waals surface area contributed by atoms with Crippen LogP contribution in [0.4, 0.5) is 0 Å². The maximum atomic E-state index is 11.0. The molecule has 4 nitrogen and oxygen atoms in total. The molecule has 0 aromatic carbocycles. The summed E-state index contributed by atoms with van der Waals surface area (Å²) in [6.45, 7) is 1.95. The highest BCUT2D eigenvalue weighted by molar-refractivity contribution is 5.79. The van der Waals surface area contributed by atoms with Crippen LogP contribution in [-0.2, 0) is 4.79 Å². The summed E-state index contributed by atoms with van der Waals surface area (Å²) < 4.78 is 2.25. The second-order valence-corrected chi connectivity index (χ2v) is 7.22. The maximum Gasteiger partial charge on any atom is 0.158 e. The van der Waals surface area contributed by atoms with Crippen molar-refractivity contribution in [2.45, 2.75) is 96.4 Å². The van der Waals surface area contributed by atoms with Gasteiger partial charge >= 0.3 is 0 Å². The number of unbranched alkanes of at least 4 members (excludes halogenated alkanes) is 8. The first-order valence-corrected chi connectivity index (χ1v) is 10.5. The molecular weight excluding hydrogens is 324 g/mol. The Balaban J connectivity index is 2.11. The number of hydrogen-bond donors (Lipinski definition) is 1. The van der Waals surface area contributed by atoms with E-state index in [0.29, 0.717) is 12.5 Å². The molecule has 1 rings (SSSR count). The minimum absolute atomic E-state index is 0.0323. The fourth-order valence-electron chi connectivity index (χ4n) is 3.25. The largest absolute Gasteiger partial charge is 0.389 e. The molecule has 0 saturated heterocycles. The summed E-state index contributed by atoms with van der Waals surface area (Å²) in [5.74, 6) is -0.0323. The summed E-state index contributed by atoms with van der Waals surface area (Å²) >= 11 is 0. The Morgan fingerprint density at radius 1 is 1.08 bits per heavy atom. The van der Waals surface area contributed by atoms with Crippen LogP contribution in [0.3, 0.4) is 0 Å². The number of aromatic nitrogens is 2. The quantitative estimate of drug-likeness (QED) is 0.288. The molecule has 1 aromatic rings. The lowest BCUT2D eigenvalue weighted by Crippen LogP contribution is -2.06. The summed E-state index contributed by atoms with van der Waals surface area (Å²) in [4.78, 5) is 15.2. The molecule has 26 heavy (non-hydrogen) atoms. The van der Waals surface area contributed by atoms with Crippen LogP contribution >= 0.6 is 0 Å². The average molecular weight is 363 g/mol. The molecule has 0 fully saturated rings. The highest BCUT2D eigenvalue weighted by Gasteiger charge is 2.08. The SMILES string of the molecule is CCCCCCC(C/C=C\CCCCCCCC(=O)CO)n1ccnc1. The zero-order valence-electron chi connectivity index (χ0n) is 16.6. The number of aliphatic hydroxyl groups is 1. The van der Waals surface area contributed by atoms with Gasteiger partial charge in [-0.05, 0) is 32.1 Å². The highest BCUT2D eigenvalue weighted by atomic mass is 16.3. The Morgan fingerprint density at radius 3 is 2.58 bits per heavy atom. The number of ketones is 1. The fourth-order valence-corrected chi connectivity index (χ4v) is 3.25. The molecule has 148 valence electrons. The van der Waals surface area contributed by atoms with Gasteiger partial charge in [0, 0.05) is 24.9 Å². The van der Waals surface area contributed by atoms with E-state index >= 15 is 0 Å². The van der Waals surface area contributed by atoms with Crippen molar-refractivity contribution in [1.82, 2.24) is 9.55 Å². The van der Waals surface area contributed by atoms with Gasteiger partial charge in [-0.15, -0.1) is 0 Å². The van der Waals surface area contributed by atoms with E-state index in [0.717, 1.165) is 25.7 Å². The van der Waals surface area contributed by atoms with Gasteiger partial charge in [0.2, 0.25) is 0 Å². The molecular formula is C22H38N2O2. The van der Waals surface area contributed by atoms with Crippen molar-refractivity contribution in [3.8, 4) is 0 Å². The molecule has 1 aromatic heterocycles. The van der Waals surface area contributed by atoms with Crippen LogP contribution in [0, 0.1) is 0 Å². The summed E-state index contributed by atoms with van der Waals surface area (Å²) in [5.41, 5.74) is 0. The van der Waals surface area contributed by atoms with Crippen LogP contribution in [0.15, 0.2) is 30.9 Å². The molecule has 0 aliphatic carbocycles. The standard InChI is InChI=1S/C22H38N2O2/c1-2-3-4-11-14-21(24-18-17-23-20-24)15-12-9-7-5-6-8-10-13-16-22(26)19-25/h9,12,17-18,20-21,25H,2-8,10-11,13-16,19H2,1H3/b12-9-. The van der Waals surface area contributed by atoms with Crippen LogP contribution in [0.5, 0.6) is 0 Å². The molecule has 0 saturated carbocycles. The predicted molar refractivity (Wildman–Crippen MR) is 108 cm³/mol. The predicted octanol–water partition coefficient (Wildman–Crippen LogP) is 5.63. The summed E-state index contributed by atoms with van der Waals surface area (Å²) in [5, 5.41) is 8.67. The molecule has 0 bridgehead atoms. The normalized spacial score (nSPS) is 12.7. The number of Topliss-reactive ketones (excluding diaryl/α,β-unsaturated/α-hetero) is 1. The first kappa shape index (κ1) is 22.6. The zero-order valence-corrected chi connectivity index (χ0v) is 16.6. The van der Waals surface area contributed by atoms with Crippen LogP contribution in [0.1, 0.15) is 96.4 Å². The molecule has 0 radical (unpaired) electrons. The monoisotopic (exact) mass is 362 g/mol. The number of carbonyl (C=O) groups is 1. The number of rotatable bonds is 17. The molecule has 1 heterocycles. The molecule has 1 N–H and O–H groups in total. The van der Waals surface area contributed by atoms with Crippen molar-refractivity contribution in [2.75, 3.05) is 6.61 Å². The van der Waals surface area contributed by atoms with Gasteiger partial charge in [-0.2, -0.15) is 0 Å². The molecule has 0 aliphatic rings. The number of allylic oxidation sites excluding steroid dienone is 2. The Labute approximate surface area is 159 Å². The van der Waals surface area contributed by atoms with E-state index in [-0.39, 0.29) is 12.4 Å². The first-order chi connectivity index (χ1) is 12.8. The smallest absolute Gasteiger partial charge is 0.158 e. The average Bonchev–Trinajstić information content (AvgIpc) is 3.19. The summed E-state index contributed by atoms with van der Waals surface area (Å²) in [6, 6.07) is 0.537. The van der Waals surface area contributed by atoms with Crippen molar-refractivity contribution in [3.63, 3.8) is 0 Å². The van der Waals surface area contributed by atoms with Crippen molar-refractivity contribution in [1.29, 1.82) is 0 Å². The number of nitrogens with zero attached hydrogens (tertiary/aromatic N) is 2. The minimum atomic E-state index is -0.302.